The van der Waals surface area contributed by atoms with Gasteiger partial charge in [-0.3, -0.25) is 9.48 Å². The van der Waals surface area contributed by atoms with Crippen LogP contribution in [-0.2, 0) is 12.0 Å². The molecule has 2 heterocycles. The second-order valence-corrected chi connectivity index (χ2v) is 13.1. The number of para-hydroxylation sites is 1. The van der Waals surface area contributed by atoms with Crippen molar-refractivity contribution < 1.29 is 4.79 Å². The molecule has 40 heavy (non-hydrogen) atoms. The van der Waals surface area contributed by atoms with Gasteiger partial charge in [-0.25, -0.2) is 4.68 Å². The zero-order chi connectivity index (χ0) is 27.6. The maximum absolute atomic E-state index is 14.1. The van der Waals surface area contributed by atoms with Gasteiger partial charge in [0.2, 0.25) is 0 Å². The molecule has 0 saturated heterocycles. The number of amides is 1. The van der Waals surface area contributed by atoms with Crippen LogP contribution in [0.3, 0.4) is 0 Å². The van der Waals surface area contributed by atoms with Crippen LogP contribution in [0.1, 0.15) is 71.5 Å². The summed E-state index contributed by atoms with van der Waals surface area (Å²) in [5, 5.41) is 14.2. The lowest BCUT2D eigenvalue weighted by molar-refractivity contribution is -0.00765. The summed E-state index contributed by atoms with van der Waals surface area (Å²) in [6.45, 7) is 4.45. The van der Waals surface area contributed by atoms with E-state index in [0.29, 0.717) is 22.2 Å². The lowest BCUT2D eigenvalue weighted by Gasteiger charge is -2.56. The molecule has 0 spiro atoms. The van der Waals surface area contributed by atoms with E-state index in [0.717, 1.165) is 71.0 Å². The van der Waals surface area contributed by atoms with Crippen molar-refractivity contribution in [2.24, 2.45) is 17.8 Å². The van der Waals surface area contributed by atoms with Gasteiger partial charge in [-0.05, 0) is 100.0 Å². The van der Waals surface area contributed by atoms with Crippen LogP contribution < -0.4 is 5.32 Å². The number of carbonyl (C=O) groups is 1. The number of nitrogens with zero attached hydrogens (tertiary/aromatic N) is 4. The Hall–Kier alpha value is -3.09. The van der Waals surface area contributed by atoms with Gasteiger partial charge in [-0.15, -0.1) is 0 Å². The molecule has 2 aromatic carbocycles. The van der Waals surface area contributed by atoms with Crippen molar-refractivity contribution in [2.45, 2.75) is 64.3 Å². The van der Waals surface area contributed by atoms with Crippen LogP contribution in [0.5, 0.6) is 0 Å². The number of benzene rings is 2. The molecule has 0 atom stereocenters. The highest BCUT2D eigenvalue weighted by atomic mass is 35.5. The summed E-state index contributed by atoms with van der Waals surface area (Å²) < 4.78 is 3.80. The Kier molecular flexibility index (Phi) is 6.32. The predicted octanol–water partition coefficient (Wildman–Crippen LogP) is 7.76. The SMILES string of the molecule is Cc1nn(Cc2ccc(Cl)c(Cl)c2)c(C)c1NC(=O)c1cn(-c2ccccc2)nc1C12CC3CC(CC(C3)C1)C2. The molecule has 2 aromatic heterocycles. The topological polar surface area (TPSA) is 64.7 Å². The first-order valence-corrected chi connectivity index (χ1v) is 15.0. The molecule has 4 aromatic rings. The van der Waals surface area contributed by atoms with Crippen LogP contribution in [0.4, 0.5) is 5.69 Å². The molecule has 6 nitrogen and oxygen atoms in total. The number of aromatic nitrogens is 4. The highest BCUT2D eigenvalue weighted by molar-refractivity contribution is 6.42. The molecule has 4 aliphatic carbocycles. The second-order valence-electron chi connectivity index (χ2n) is 12.3. The van der Waals surface area contributed by atoms with E-state index in [9.17, 15) is 4.79 Å². The Morgan fingerprint density at radius 2 is 1.62 bits per heavy atom. The van der Waals surface area contributed by atoms with Gasteiger partial charge in [0.25, 0.3) is 5.91 Å². The maximum Gasteiger partial charge on any atom is 0.259 e. The smallest absolute Gasteiger partial charge is 0.259 e. The first kappa shape index (κ1) is 25.8. The van der Waals surface area contributed by atoms with E-state index < -0.39 is 0 Å². The minimum atomic E-state index is -0.117. The summed E-state index contributed by atoms with van der Waals surface area (Å²) in [4.78, 5) is 14.1. The van der Waals surface area contributed by atoms with Crippen molar-refractivity contribution in [3.8, 4) is 5.69 Å². The van der Waals surface area contributed by atoms with Crippen molar-refractivity contribution in [2.75, 3.05) is 5.32 Å². The Labute approximate surface area is 244 Å². The third kappa shape index (κ3) is 4.46. The van der Waals surface area contributed by atoms with Gasteiger partial charge < -0.3 is 5.32 Å². The average Bonchev–Trinajstić information content (AvgIpc) is 3.49. The molecule has 206 valence electrons. The van der Waals surface area contributed by atoms with E-state index in [2.05, 4.69) is 5.32 Å². The molecule has 4 bridgehead atoms. The van der Waals surface area contributed by atoms with Crippen molar-refractivity contribution >= 4 is 34.8 Å². The summed E-state index contributed by atoms with van der Waals surface area (Å²) in [6, 6.07) is 15.7. The van der Waals surface area contributed by atoms with Gasteiger partial charge in [0, 0.05) is 11.6 Å². The summed E-state index contributed by atoms with van der Waals surface area (Å²) in [5.74, 6) is 2.16. The van der Waals surface area contributed by atoms with E-state index in [4.69, 9.17) is 33.4 Å². The Morgan fingerprint density at radius 3 is 2.27 bits per heavy atom. The van der Waals surface area contributed by atoms with Crippen molar-refractivity contribution in [3.63, 3.8) is 0 Å². The highest BCUT2D eigenvalue weighted by Crippen LogP contribution is 2.61. The number of nitrogens with one attached hydrogen (secondary N) is 1. The van der Waals surface area contributed by atoms with Crippen molar-refractivity contribution in [3.05, 3.63) is 93.0 Å². The summed E-state index contributed by atoms with van der Waals surface area (Å²) in [6.07, 6.45) is 9.40. The first-order valence-electron chi connectivity index (χ1n) is 14.2. The van der Waals surface area contributed by atoms with Crippen molar-refractivity contribution in [1.82, 2.24) is 19.6 Å². The molecule has 0 radical (unpaired) electrons. The quantitative estimate of drug-likeness (QED) is 0.256. The highest BCUT2D eigenvalue weighted by Gasteiger charge is 2.54. The van der Waals surface area contributed by atoms with E-state index in [1.54, 1.807) is 6.07 Å². The fraction of sp³-hybridized carbons (Fsp3) is 0.406. The van der Waals surface area contributed by atoms with Gasteiger partial charge in [-0.1, -0.05) is 47.5 Å². The lowest BCUT2D eigenvalue weighted by atomic mass is 9.48. The lowest BCUT2D eigenvalue weighted by Crippen LogP contribution is -2.49. The van der Waals surface area contributed by atoms with Gasteiger partial charge >= 0.3 is 0 Å². The van der Waals surface area contributed by atoms with Gasteiger partial charge in [0.05, 0.1) is 50.6 Å². The van der Waals surface area contributed by atoms with Crippen LogP contribution >= 0.6 is 23.2 Å². The molecule has 1 N–H and O–H groups in total. The normalized spacial score (nSPS) is 24.9. The van der Waals surface area contributed by atoms with E-state index >= 15 is 0 Å². The fourth-order valence-electron chi connectivity index (χ4n) is 8.07. The van der Waals surface area contributed by atoms with E-state index in [1.807, 2.05) is 71.9 Å². The van der Waals surface area contributed by atoms with Crippen LogP contribution in [0.2, 0.25) is 10.0 Å². The molecule has 4 fully saturated rings. The molecule has 1 amide bonds. The number of rotatable bonds is 6. The van der Waals surface area contributed by atoms with Gasteiger partial charge in [0.1, 0.15) is 0 Å². The maximum atomic E-state index is 14.1. The molecule has 0 aliphatic heterocycles. The molecule has 8 heteroatoms. The third-order valence-corrected chi connectivity index (χ3v) is 10.2. The zero-order valence-corrected chi connectivity index (χ0v) is 24.3. The van der Waals surface area contributed by atoms with Crippen LogP contribution in [0.15, 0.2) is 54.7 Å². The standard InChI is InChI=1S/C32H33Cl2N5O/c1-19-29(20(2)38(36-19)17-21-8-9-27(33)28(34)13-21)35-31(40)26-18-39(25-6-4-3-5-7-25)37-30(26)32-14-22-10-23(15-32)12-24(11-22)16-32/h3-9,13,18,22-24H,10-12,14-17H2,1-2H3,(H,35,40). The number of carbonyl (C=O) groups excluding carboxylic acids is 1. The minimum Gasteiger partial charge on any atom is -0.319 e. The van der Waals surface area contributed by atoms with E-state index in [1.165, 1.54) is 19.3 Å². The predicted molar refractivity (Wildman–Crippen MR) is 159 cm³/mol. The van der Waals surface area contributed by atoms with Crippen LogP contribution in [0.25, 0.3) is 5.69 Å². The fourth-order valence-corrected chi connectivity index (χ4v) is 8.39. The number of aryl methyl sites for hydroxylation is 1. The molecule has 4 saturated carbocycles. The second kappa shape index (κ2) is 9.78. The monoisotopic (exact) mass is 573 g/mol. The Morgan fingerprint density at radius 1 is 0.950 bits per heavy atom. The molecular formula is C32H33Cl2N5O. The number of anilines is 1. The third-order valence-electron chi connectivity index (χ3n) is 9.46. The Balaban J connectivity index is 1.23. The molecule has 0 unspecified atom stereocenters. The minimum absolute atomic E-state index is 0.0103. The van der Waals surface area contributed by atoms with Gasteiger partial charge in [0.15, 0.2) is 0 Å². The van der Waals surface area contributed by atoms with Crippen molar-refractivity contribution in [1.29, 1.82) is 0 Å². The van der Waals surface area contributed by atoms with Crippen LogP contribution in [0, 0.1) is 31.6 Å². The van der Waals surface area contributed by atoms with Gasteiger partial charge in [-0.2, -0.15) is 10.2 Å². The van der Waals surface area contributed by atoms with E-state index in [-0.39, 0.29) is 11.3 Å². The van der Waals surface area contributed by atoms with Crippen LogP contribution in [-0.4, -0.2) is 25.5 Å². The molecule has 4 aliphatic rings. The Bertz CT molecular complexity index is 1570. The number of hydrogen-bond donors (Lipinski definition) is 1. The molecule has 8 rings (SSSR count). The average molecular weight is 575 g/mol. The zero-order valence-electron chi connectivity index (χ0n) is 22.8. The first-order chi connectivity index (χ1) is 19.3. The summed E-state index contributed by atoms with van der Waals surface area (Å²) in [5.41, 5.74) is 6.02. The summed E-state index contributed by atoms with van der Waals surface area (Å²) >= 11 is 12.3. The largest absolute Gasteiger partial charge is 0.319 e. The molecular weight excluding hydrogens is 541 g/mol. The number of hydrogen-bond acceptors (Lipinski definition) is 3. The number of halogens is 2. The summed E-state index contributed by atoms with van der Waals surface area (Å²) in [7, 11) is 0.